The van der Waals surface area contributed by atoms with Crippen LogP contribution in [-0.4, -0.2) is 74.2 Å². The number of nitrogens with zero attached hydrogens (tertiary/aromatic N) is 2. The molecule has 3 heterocycles. The summed E-state index contributed by atoms with van der Waals surface area (Å²) >= 11 is 0. The highest BCUT2D eigenvalue weighted by Crippen LogP contribution is 2.46. The molecule has 4 rings (SSSR count). The average molecular weight is 414 g/mol. The van der Waals surface area contributed by atoms with E-state index in [1.54, 1.807) is 24.0 Å². The third-order valence-corrected chi connectivity index (χ3v) is 6.41. The van der Waals surface area contributed by atoms with Gasteiger partial charge in [0.05, 0.1) is 30.6 Å². The summed E-state index contributed by atoms with van der Waals surface area (Å²) in [4.78, 5) is 39.7. The topological polar surface area (TPSA) is 118 Å². The molecule has 3 aliphatic heterocycles. The molecule has 0 aliphatic carbocycles. The molecule has 3 aliphatic rings. The van der Waals surface area contributed by atoms with Gasteiger partial charge >= 0.3 is 5.97 Å². The van der Waals surface area contributed by atoms with Crippen molar-refractivity contribution in [1.29, 1.82) is 0 Å². The van der Waals surface area contributed by atoms with Crippen molar-refractivity contribution in [2.75, 3.05) is 13.1 Å². The zero-order valence-corrected chi connectivity index (χ0v) is 16.8. The van der Waals surface area contributed by atoms with Crippen LogP contribution in [0.25, 0.3) is 5.57 Å². The number of rotatable bonds is 5. The fourth-order valence-electron chi connectivity index (χ4n) is 4.75. The molecule has 160 valence electrons. The average Bonchev–Trinajstić information content (AvgIpc) is 3.04. The number of carboxylic acid groups (broad SMARTS) is 1. The highest BCUT2D eigenvalue weighted by Gasteiger charge is 2.56. The number of aliphatic hydroxyl groups excluding tert-OH is 2. The molecule has 0 unspecified atom stereocenters. The number of β-lactam (4-membered cyclic amide) rings is 1. The van der Waals surface area contributed by atoms with E-state index in [1.165, 1.54) is 4.90 Å². The molecule has 0 radical (unpaired) electrons. The number of likely N-dealkylation sites (tertiary alicyclic amines) is 1. The maximum Gasteiger partial charge on any atom is 0.352 e. The quantitative estimate of drug-likeness (QED) is 0.608. The van der Waals surface area contributed by atoms with Gasteiger partial charge in [0.1, 0.15) is 5.70 Å². The van der Waals surface area contributed by atoms with Crippen LogP contribution in [0.1, 0.15) is 37.3 Å². The van der Waals surface area contributed by atoms with Gasteiger partial charge in [-0.05, 0) is 42.9 Å². The Bertz CT molecular complexity index is 899. The van der Waals surface area contributed by atoms with E-state index in [4.69, 9.17) is 0 Å². The lowest BCUT2D eigenvalue weighted by atomic mass is 9.82. The summed E-state index contributed by atoms with van der Waals surface area (Å²) in [5.74, 6) is -2.07. The van der Waals surface area contributed by atoms with Crippen molar-refractivity contribution in [3.8, 4) is 0 Å². The zero-order chi connectivity index (χ0) is 21.6. The number of amides is 2. The van der Waals surface area contributed by atoms with Gasteiger partial charge in [0.2, 0.25) is 11.8 Å². The van der Waals surface area contributed by atoms with E-state index in [9.17, 15) is 29.7 Å². The number of aliphatic carboxylic acids is 1. The maximum atomic E-state index is 12.5. The number of hydrogen-bond acceptors (Lipinski definition) is 5. The van der Waals surface area contributed by atoms with E-state index >= 15 is 0 Å². The molecule has 2 fully saturated rings. The lowest BCUT2D eigenvalue weighted by Gasteiger charge is -2.44. The van der Waals surface area contributed by atoms with E-state index in [0.717, 1.165) is 5.56 Å². The number of hydrogen-bond donors (Lipinski definition) is 3. The first-order valence-electron chi connectivity index (χ1n) is 10.3. The first-order chi connectivity index (χ1) is 14.3. The Labute approximate surface area is 174 Å². The van der Waals surface area contributed by atoms with Crippen molar-refractivity contribution in [2.45, 2.75) is 50.9 Å². The fraction of sp³-hybridized carbons (Fsp3) is 0.500. The van der Waals surface area contributed by atoms with Crippen molar-refractivity contribution >= 4 is 23.4 Å². The summed E-state index contributed by atoms with van der Waals surface area (Å²) in [6.45, 7) is 2.67. The van der Waals surface area contributed by atoms with Gasteiger partial charge in [-0.2, -0.15) is 0 Å². The minimum absolute atomic E-state index is 0.00971. The second-order valence-electron chi connectivity index (χ2n) is 8.36. The van der Waals surface area contributed by atoms with Crippen LogP contribution in [-0.2, 0) is 20.8 Å². The Morgan fingerprint density at radius 2 is 1.80 bits per heavy atom. The van der Waals surface area contributed by atoms with Gasteiger partial charge in [0, 0.05) is 13.1 Å². The van der Waals surface area contributed by atoms with Crippen LogP contribution < -0.4 is 0 Å². The number of carbonyl (C=O) groups is 3. The van der Waals surface area contributed by atoms with E-state index in [0.29, 0.717) is 43.5 Å². The van der Waals surface area contributed by atoms with Gasteiger partial charge in [0.25, 0.3) is 0 Å². The highest BCUT2D eigenvalue weighted by molar-refractivity contribution is 6.06. The van der Waals surface area contributed by atoms with Gasteiger partial charge in [-0.15, -0.1) is 0 Å². The summed E-state index contributed by atoms with van der Waals surface area (Å²) in [5, 5.41) is 29.1. The number of carbonyl (C=O) groups excluding carboxylic acids is 2. The molecule has 8 nitrogen and oxygen atoms in total. The maximum absolute atomic E-state index is 12.5. The predicted molar refractivity (Wildman–Crippen MR) is 107 cm³/mol. The molecule has 0 spiro atoms. The predicted octanol–water partition coefficient (Wildman–Crippen LogP) is 0.620. The van der Waals surface area contributed by atoms with Crippen LogP contribution in [0.4, 0.5) is 0 Å². The van der Waals surface area contributed by atoms with Crippen LogP contribution in [0.3, 0.4) is 0 Å². The molecular weight excluding hydrogens is 388 g/mol. The number of fused-ring (bicyclic) bond motifs is 1. The molecule has 3 atom stereocenters. The summed E-state index contributed by atoms with van der Waals surface area (Å²) in [5.41, 5.74) is 2.09. The van der Waals surface area contributed by atoms with Crippen LogP contribution >= 0.6 is 0 Å². The van der Waals surface area contributed by atoms with Crippen LogP contribution in [0.2, 0.25) is 0 Å². The van der Waals surface area contributed by atoms with E-state index in [1.807, 2.05) is 12.1 Å². The summed E-state index contributed by atoms with van der Waals surface area (Å²) in [6, 6.07) is 6.86. The van der Waals surface area contributed by atoms with Gasteiger partial charge in [-0.25, -0.2) is 4.79 Å². The smallest absolute Gasteiger partial charge is 0.352 e. The number of piperidine rings is 1. The first-order valence-corrected chi connectivity index (χ1v) is 10.3. The molecule has 3 N–H and O–H groups in total. The zero-order valence-electron chi connectivity index (χ0n) is 16.8. The van der Waals surface area contributed by atoms with Crippen molar-refractivity contribution in [2.24, 2.45) is 5.92 Å². The SMILES string of the molecule is C[C@@H](O)[C@@H]1C(=O)N2C(C(=O)O)=C(c3ccc(CC(=O)N4CCC(O)CC4)cc3)C[C@H]12. The normalized spacial score (nSPS) is 25.2. The molecule has 8 heteroatoms. The monoisotopic (exact) mass is 414 g/mol. The van der Waals surface area contributed by atoms with Crippen LogP contribution in [0, 0.1) is 5.92 Å². The lowest BCUT2D eigenvalue weighted by Crippen LogP contribution is -2.61. The largest absolute Gasteiger partial charge is 0.477 e. The molecule has 0 saturated carbocycles. The summed E-state index contributed by atoms with van der Waals surface area (Å²) in [7, 11) is 0. The molecular formula is C22H26N2O6. The van der Waals surface area contributed by atoms with Gasteiger partial charge in [0.15, 0.2) is 0 Å². The van der Waals surface area contributed by atoms with Crippen molar-refractivity contribution in [3.63, 3.8) is 0 Å². The molecule has 0 aromatic heterocycles. The summed E-state index contributed by atoms with van der Waals surface area (Å²) < 4.78 is 0. The molecule has 2 saturated heterocycles. The number of aliphatic hydroxyl groups is 2. The van der Waals surface area contributed by atoms with Gasteiger partial charge < -0.3 is 25.1 Å². The van der Waals surface area contributed by atoms with Crippen molar-refractivity contribution < 1.29 is 29.7 Å². The second-order valence-corrected chi connectivity index (χ2v) is 8.36. The van der Waals surface area contributed by atoms with E-state index < -0.39 is 18.0 Å². The minimum Gasteiger partial charge on any atom is -0.477 e. The first kappa shape index (κ1) is 20.6. The Morgan fingerprint density at radius 3 is 2.37 bits per heavy atom. The molecule has 0 bridgehead atoms. The highest BCUT2D eigenvalue weighted by atomic mass is 16.4. The Hall–Kier alpha value is -2.71. The molecule has 1 aromatic rings. The Balaban J connectivity index is 1.49. The Morgan fingerprint density at radius 1 is 1.17 bits per heavy atom. The molecule has 2 amide bonds. The lowest BCUT2D eigenvalue weighted by molar-refractivity contribution is -0.161. The second kappa shape index (κ2) is 7.85. The van der Waals surface area contributed by atoms with Gasteiger partial charge in [-0.1, -0.05) is 24.3 Å². The minimum atomic E-state index is -1.16. The third-order valence-electron chi connectivity index (χ3n) is 6.41. The Kier molecular flexibility index (Phi) is 5.38. The third kappa shape index (κ3) is 3.50. The van der Waals surface area contributed by atoms with E-state index in [2.05, 4.69) is 0 Å². The standard InChI is InChI=1S/C22H26N2O6/c1-12(25)19-17-11-16(20(22(29)30)24(17)21(19)28)14-4-2-13(3-5-14)10-18(27)23-8-6-15(26)7-9-23/h2-5,12,15,17,19,25-26H,6-11H2,1H3,(H,29,30)/t12-,17-,19+/m1/s1. The molecule has 30 heavy (non-hydrogen) atoms. The summed E-state index contributed by atoms with van der Waals surface area (Å²) in [6.07, 6.45) is 0.678. The number of carboxylic acids is 1. The van der Waals surface area contributed by atoms with Crippen LogP contribution in [0.15, 0.2) is 30.0 Å². The van der Waals surface area contributed by atoms with Crippen LogP contribution in [0.5, 0.6) is 0 Å². The van der Waals surface area contributed by atoms with Crippen molar-refractivity contribution in [3.05, 3.63) is 41.1 Å². The number of benzene rings is 1. The fourth-order valence-corrected chi connectivity index (χ4v) is 4.75. The molecule has 1 aromatic carbocycles. The van der Waals surface area contributed by atoms with E-state index in [-0.39, 0.29) is 36.1 Å². The van der Waals surface area contributed by atoms with Crippen molar-refractivity contribution in [1.82, 2.24) is 9.80 Å². The van der Waals surface area contributed by atoms with Gasteiger partial charge in [-0.3, -0.25) is 9.59 Å².